The number of nitrogens with zero attached hydrogens (tertiary/aromatic N) is 1. The average Bonchev–Trinajstić information content (AvgIpc) is 2.98. The van der Waals surface area contributed by atoms with Crippen molar-refractivity contribution in [2.24, 2.45) is 5.92 Å². The van der Waals surface area contributed by atoms with Crippen LogP contribution in [0, 0.1) is 5.92 Å². The molecule has 4 N–H and O–H groups in total. The number of rotatable bonds is 5. The van der Waals surface area contributed by atoms with E-state index in [0.29, 0.717) is 13.1 Å². The van der Waals surface area contributed by atoms with E-state index in [0.717, 1.165) is 30.6 Å². The second-order valence-corrected chi connectivity index (χ2v) is 9.86. The van der Waals surface area contributed by atoms with Crippen LogP contribution in [0.1, 0.15) is 42.5 Å². The van der Waals surface area contributed by atoms with Crippen LogP contribution in [-0.4, -0.2) is 43.5 Å². The highest BCUT2D eigenvalue weighted by Crippen LogP contribution is 2.43. The van der Waals surface area contributed by atoms with E-state index in [1.807, 2.05) is 0 Å². The molecule has 7 nitrogen and oxygen atoms in total. The van der Waals surface area contributed by atoms with Crippen molar-refractivity contribution < 1.29 is 32.5 Å². The highest BCUT2D eigenvalue weighted by atomic mass is 32.2. The van der Waals surface area contributed by atoms with Crippen LogP contribution in [0.5, 0.6) is 0 Å². The van der Waals surface area contributed by atoms with E-state index < -0.39 is 46.5 Å². The van der Waals surface area contributed by atoms with Gasteiger partial charge in [0, 0.05) is 31.8 Å². The fourth-order valence-corrected chi connectivity index (χ4v) is 6.15. The summed E-state index contributed by atoms with van der Waals surface area (Å²) < 4.78 is 52.7. The van der Waals surface area contributed by atoms with Gasteiger partial charge in [0.25, 0.3) is 10.0 Å². The maximum Gasteiger partial charge on any atom is 0.344 e. The van der Waals surface area contributed by atoms with E-state index in [2.05, 4.69) is 11.1 Å². The first-order chi connectivity index (χ1) is 12.1. The molecule has 26 heavy (non-hydrogen) atoms. The first kappa shape index (κ1) is 19.3. The van der Waals surface area contributed by atoms with Crippen molar-refractivity contribution in [1.29, 1.82) is 0 Å². The fraction of sp³-hybridized carbons (Fsp3) is 0.600. The minimum atomic E-state index is -3.76. The number of halogens is 2. The third-order valence-corrected chi connectivity index (χ3v) is 8.01. The number of hydrogen-bond acceptors (Lipinski definition) is 5. The summed E-state index contributed by atoms with van der Waals surface area (Å²) in [5, 5.41) is 2.47. The molecule has 3 rings (SSSR count). The minimum absolute atomic E-state index is 0.0231. The summed E-state index contributed by atoms with van der Waals surface area (Å²) in [6.07, 6.45) is 1.41. The van der Waals surface area contributed by atoms with Gasteiger partial charge in [0.15, 0.2) is 0 Å². The number of amides is 2. The lowest BCUT2D eigenvalue weighted by Crippen LogP contribution is -2.56. The fourth-order valence-electron chi connectivity index (χ4n) is 3.09. The largest absolute Gasteiger partial charge is 0.344 e. The first-order valence-corrected chi connectivity index (χ1v) is 10.5. The van der Waals surface area contributed by atoms with Crippen LogP contribution >= 0.6 is 11.3 Å². The predicted octanol–water partition coefficient (Wildman–Crippen LogP) is 1.29. The smallest absolute Gasteiger partial charge is 0.317 e. The summed E-state index contributed by atoms with van der Waals surface area (Å²) in [6.45, 7) is 0.819. The zero-order valence-electron chi connectivity index (χ0n) is 14.0. The number of thiophene rings is 1. The molecule has 0 radical (unpaired) electrons. The number of carbonyl (C=O) groups is 2. The molecular weight excluding hydrogens is 388 g/mol. The van der Waals surface area contributed by atoms with E-state index in [4.69, 9.17) is 0 Å². The maximum absolute atomic E-state index is 12.9. The Morgan fingerprint density at radius 1 is 1.23 bits per heavy atom. The standard InChI is InChI=1S/C15H19F2N3O4S2/c16-15(17)7-9(8-15)13(22)19-14-10(12(18)21)6-11(25-14)26(23,24)20-4-2-1-3-5-20/h6,9H,1-5,7-8H2,(H2,18,21)(H,19,22)/p+1. The number of nitrogens with one attached hydrogen (secondary N) is 1. The Labute approximate surface area is 153 Å². The third-order valence-electron chi connectivity index (χ3n) is 4.62. The molecule has 1 aliphatic heterocycles. The van der Waals surface area contributed by atoms with Crippen LogP contribution in [-0.2, 0) is 14.8 Å². The molecule has 2 aliphatic rings. The van der Waals surface area contributed by atoms with Crippen molar-refractivity contribution in [3.63, 3.8) is 0 Å². The molecule has 1 saturated heterocycles. The molecule has 11 heteroatoms. The van der Waals surface area contributed by atoms with Gasteiger partial charge < -0.3 is 5.32 Å². The zero-order valence-corrected chi connectivity index (χ0v) is 15.6. The molecular formula is C15H20F2N3O4S2+. The van der Waals surface area contributed by atoms with Crippen molar-refractivity contribution >= 4 is 38.2 Å². The molecule has 1 saturated carbocycles. The average molecular weight is 408 g/mol. The Balaban J connectivity index is 1.82. The lowest BCUT2D eigenvalue weighted by Gasteiger charge is -2.33. The van der Waals surface area contributed by atoms with Gasteiger partial charge in [0.05, 0.1) is 0 Å². The van der Waals surface area contributed by atoms with Gasteiger partial charge in [0.1, 0.15) is 14.8 Å². The molecule has 2 amide bonds. The predicted molar refractivity (Wildman–Crippen MR) is 90.4 cm³/mol. The molecule has 2 heterocycles. The van der Waals surface area contributed by atoms with E-state index in [9.17, 15) is 26.8 Å². The second-order valence-electron chi connectivity index (χ2n) is 6.65. The topological polar surface area (TPSA) is 111 Å². The summed E-state index contributed by atoms with van der Waals surface area (Å²) in [4.78, 5) is 23.8. The number of piperidine rings is 1. The van der Waals surface area contributed by atoms with E-state index in [1.54, 1.807) is 0 Å². The summed E-state index contributed by atoms with van der Waals surface area (Å²) in [5.41, 5.74) is 3.25. The van der Waals surface area contributed by atoms with Crippen LogP contribution in [0.3, 0.4) is 0 Å². The summed E-state index contributed by atoms with van der Waals surface area (Å²) in [6, 6.07) is 1.20. The molecule has 0 atom stereocenters. The highest BCUT2D eigenvalue weighted by molar-refractivity contribution is 7.91. The SMILES string of the molecule is [NH3+]C(=O)c1cc(S(=O)(=O)N2CCCCC2)sc1NC(=O)C1CC(F)(F)C1. The molecule has 0 spiro atoms. The van der Waals surface area contributed by atoms with Gasteiger partial charge in [-0.05, 0) is 18.9 Å². The van der Waals surface area contributed by atoms with Crippen LogP contribution in [0.4, 0.5) is 13.8 Å². The zero-order chi connectivity index (χ0) is 19.1. The normalized spacial score (nSPS) is 21.2. The van der Waals surface area contributed by atoms with Gasteiger partial charge in [-0.25, -0.2) is 22.0 Å². The molecule has 2 fully saturated rings. The van der Waals surface area contributed by atoms with E-state index in [1.165, 1.54) is 10.4 Å². The number of anilines is 1. The molecule has 0 bridgehead atoms. The minimum Gasteiger partial charge on any atom is -0.317 e. The lowest BCUT2D eigenvalue weighted by atomic mass is 9.81. The van der Waals surface area contributed by atoms with Crippen LogP contribution in [0.2, 0.25) is 0 Å². The monoisotopic (exact) mass is 408 g/mol. The second kappa shape index (κ2) is 6.95. The quantitative estimate of drug-likeness (QED) is 0.765. The Morgan fingerprint density at radius 2 is 1.85 bits per heavy atom. The van der Waals surface area contributed by atoms with Crippen LogP contribution in [0.15, 0.2) is 10.3 Å². The van der Waals surface area contributed by atoms with E-state index in [-0.39, 0.29) is 14.8 Å². The molecule has 0 unspecified atom stereocenters. The van der Waals surface area contributed by atoms with Crippen LogP contribution in [0.25, 0.3) is 0 Å². The van der Waals surface area contributed by atoms with Crippen molar-refractivity contribution in [3.05, 3.63) is 11.6 Å². The summed E-state index contributed by atoms with van der Waals surface area (Å²) >= 11 is 0.759. The number of sulfonamides is 1. The van der Waals surface area contributed by atoms with Gasteiger partial charge in [-0.15, -0.1) is 11.3 Å². The Hall–Kier alpha value is -1.43. The van der Waals surface area contributed by atoms with Crippen molar-refractivity contribution in [1.82, 2.24) is 4.31 Å². The van der Waals surface area contributed by atoms with Crippen molar-refractivity contribution in [2.45, 2.75) is 42.2 Å². The first-order valence-electron chi connectivity index (χ1n) is 8.29. The van der Waals surface area contributed by atoms with Crippen molar-refractivity contribution in [2.75, 3.05) is 18.4 Å². The Morgan fingerprint density at radius 3 is 2.38 bits per heavy atom. The maximum atomic E-state index is 12.9. The molecule has 1 aliphatic carbocycles. The van der Waals surface area contributed by atoms with Crippen molar-refractivity contribution in [3.8, 4) is 0 Å². The van der Waals surface area contributed by atoms with Gasteiger partial charge in [-0.2, -0.15) is 4.31 Å². The number of quaternary nitrogens is 1. The highest BCUT2D eigenvalue weighted by Gasteiger charge is 2.49. The third kappa shape index (κ3) is 3.80. The summed E-state index contributed by atoms with van der Waals surface area (Å²) in [5.74, 6) is -4.97. The molecule has 0 aromatic carbocycles. The van der Waals surface area contributed by atoms with Crippen LogP contribution < -0.4 is 11.1 Å². The molecule has 1 aromatic heterocycles. The summed E-state index contributed by atoms with van der Waals surface area (Å²) in [7, 11) is -3.76. The van der Waals surface area contributed by atoms with Gasteiger partial charge in [-0.1, -0.05) is 6.42 Å². The number of hydrogen-bond donors (Lipinski definition) is 2. The van der Waals surface area contributed by atoms with Gasteiger partial charge >= 0.3 is 5.91 Å². The molecule has 144 valence electrons. The number of alkyl halides is 2. The van der Waals surface area contributed by atoms with Gasteiger partial charge in [-0.3, -0.25) is 10.5 Å². The van der Waals surface area contributed by atoms with E-state index >= 15 is 0 Å². The number of carbonyl (C=O) groups excluding carboxylic acids is 2. The Bertz CT molecular complexity index is 824. The molecule has 1 aromatic rings. The Kier molecular flexibility index (Phi) is 5.17. The van der Waals surface area contributed by atoms with Gasteiger partial charge in [0.2, 0.25) is 11.8 Å². The lowest BCUT2D eigenvalue weighted by molar-refractivity contribution is -0.254.